The zero-order valence-electron chi connectivity index (χ0n) is 9.28. The lowest BCUT2D eigenvalue weighted by molar-refractivity contribution is -0.0213. The fraction of sp³-hybridized carbons (Fsp3) is 0.800. The van der Waals surface area contributed by atoms with Crippen molar-refractivity contribution < 1.29 is 19.1 Å². The van der Waals surface area contributed by atoms with Gasteiger partial charge in [0.15, 0.2) is 0 Å². The molecule has 15 heavy (non-hydrogen) atoms. The first-order valence-electron chi connectivity index (χ1n) is 4.89. The number of carbonyl (C=O) groups excluding carboxylic acids is 2. The molecule has 1 aliphatic heterocycles. The summed E-state index contributed by atoms with van der Waals surface area (Å²) >= 11 is 0. The molecule has 1 fully saturated rings. The van der Waals surface area contributed by atoms with Gasteiger partial charge < -0.3 is 14.4 Å². The van der Waals surface area contributed by atoms with Crippen LogP contribution >= 0.6 is 0 Å². The number of amides is 1. The van der Waals surface area contributed by atoms with E-state index in [1.807, 2.05) is 0 Å². The van der Waals surface area contributed by atoms with Crippen LogP contribution in [-0.4, -0.2) is 48.7 Å². The molecular formula is C10H16NO4. The summed E-state index contributed by atoms with van der Waals surface area (Å²) in [5, 5.41) is 0. The molecule has 0 spiro atoms. The van der Waals surface area contributed by atoms with E-state index in [9.17, 15) is 9.59 Å². The van der Waals surface area contributed by atoms with Crippen LogP contribution in [0.3, 0.4) is 0 Å². The Hall–Kier alpha value is -1.10. The van der Waals surface area contributed by atoms with Crippen molar-refractivity contribution in [1.29, 1.82) is 0 Å². The summed E-state index contributed by atoms with van der Waals surface area (Å²) in [4.78, 5) is 23.4. The summed E-state index contributed by atoms with van der Waals surface area (Å²) in [7, 11) is 0. The first-order valence-corrected chi connectivity index (χ1v) is 4.89. The maximum absolute atomic E-state index is 11.6. The van der Waals surface area contributed by atoms with Crippen molar-refractivity contribution >= 4 is 12.4 Å². The summed E-state index contributed by atoms with van der Waals surface area (Å²) in [5.41, 5.74) is -0.518. The van der Waals surface area contributed by atoms with Gasteiger partial charge in [-0.2, -0.15) is 0 Å². The van der Waals surface area contributed by atoms with Crippen LogP contribution in [0.1, 0.15) is 20.8 Å². The van der Waals surface area contributed by atoms with Crippen LogP contribution in [0.5, 0.6) is 0 Å². The Bertz CT molecular complexity index is 246. The summed E-state index contributed by atoms with van der Waals surface area (Å²) in [6.45, 7) is 6.42. The standard InChI is InChI=1S/C10H16NO4/c1-10(2,3)15-9(13)11-4-5-14-8(6-11)7-12/h8H,4-6H2,1-3H3. The van der Waals surface area contributed by atoms with Crippen LogP contribution in [0, 0.1) is 0 Å². The van der Waals surface area contributed by atoms with Crippen LogP contribution in [0.25, 0.3) is 0 Å². The van der Waals surface area contributed by atoms with Gasteiger partial charge in [-0.1, -0.05) is 0 Å². The second-order valence-electron chi connectivity index (χ2n) is 4.40. The predicted octanol–water partition coefficient (Wildman–Crippen LogP) is 0.732. The van der Waals surface area contributed by atoms with E-state index in [1.54, 1.807) is 27.1 Å². The molecule has 0 N–H and O–H groups in total. The molecular weight excluding hydrogens is 198 g/mol. The highest BCUT2D eigenvalue weighted by Gasteiger charge is 2.28. The minimum atomic E-state index is -0.647. The highest BCUT2D eigenvalue weighted by molar-refractivity contribution is 5.69. The molecule has 1 aliphatic rings. The number of morpholine rings is 1. The Morgan fingerprint density at radius 1 is 1.53 bits per heavy atom. The zero-order valence-corrected chi connectivity index (χ0v) is 9.28. The Kier molecular flexibility index (Phi) is 3.68. The minimum absolute atomic E-state index is 0.221. The van der Waals surface area contributed by atoms with Crippen LogP contribution in [-0.2, 0) is 14.3 Å². The van der Waals surface area contributed by atoms with Crippen LogP contribution in [0.15, 0.2) is 0 Å². The first-order chi connectivity index (χ1) is 6.92. The van der Waals surface area contributed by atoms with Gasteiger partial charge >= 0.3 is 6.09 Å². The Balaban J connectivity index is 2.49. The third kappa shape index (κ3) is 3.87. The third-order valence-electron chi connectivity index (χ3n) is 1.85. The van der Waals surface area contributed by atoms with Gasteiger partial charge in [0.25, 0.3) is 0 Å². The average Bonchev–Trinajstić information content (AvgIpc) is 2.15. The molecule has 1 rings (SSSR count). The summed E-state index contributed by atoms with van der Waals surface area (Å²) in [6.07, 6.45) is 0.672. The third-order valence-corrected chi connectivity index (χ3v) is 1.85. The number of ether oxygens (including phenoxy) is 2. The maximum atomic E-state index is 11.6. The van der Waals surface area contributed by atoms with E-state index in [1.165, 1.54) is 4.90 Å². The van der Waals surface area contributed by atoms with E-state index in [0.717, 1.165) is 0 Å². The van der Waals surface area contributed by atoms with E-state index in [2.05, 4.69) is 0 Å². The van der Waals surface area contributed by atoms with E-state index < -0.39 is 17.8 Å². The number of carbonyl (C=O) groups is 1. The molecule has 5 nitrogen and oxygen atoms in total. The molecule has 1 saturated heterocycles. The van der Waals surface area contributed by atoms with Crippen LogP contribution in [0.2, 0.25) is 0 Å². The molecule has 1 radical (unpaired) electrons. The van der Waals surface area contributed by atoms with Crippen molar-refractivity contribution in [2.75, 3.05) is 19.7 Å². The van der Waals surface area contributed by atoms with Crippen LogP contribution in [0.4, 0.5) is 4.79 Å². The zero-order chi connectivity index (χ0) is 11.5. The lowest BCUT2D eigenvalue weighted by atomic mass is 10.2. The SMILES string of the molecule is CC(C)(C)OC(=O)N1CCOC([C]=O)C1. The van der Waals surface area contributed by atoms with E-state index in [0.29, 0.717) is 13.2 Å². The minimum Gasteiger partial charge on any atom is -0.444 e. The fourth-order valence-corrected chi connectivity index (χ4v) is 1.21. The van der Waals surface area contributed by atoms with Crippen LogP contribution < -0.4 is 0 Å². The Morgan fingerprint density at radius 2 is 2.20 bits per heavy atom. The number of rotatable bonds is 1. The largest absolute Gasteiger partial charge is 0.444 e. The van der Waals surface area contributed by atoms with Gasteiger partial charge in [0.2, 0.25) is 6.29 Å². The van der Waals surface area contributed by atoms with Crippen molar-refractivity contribution in [3.8, 4) is 0 Å². The highest BCUT2D eigenvalue weighted by Crippen LogP contribution is 2.12. The summed E-state index contributed by atoms with van der Waals surface area (Å²) < 4.78 is 10.2. The lowest BCUT2D eigenvalue weighted by Gasteiger charge is -2.31. The smallest absolute Gasteiger partial charge is 0.410 e. The molecule has 0 aromatic heterocycles. The molecule has 0 bridgehead atoms. The van der Waals surface area contributed by atoms with E-state index in [4.69, 9.17) is 9.47 Å². The van der Waals surface area contributed by atoms with Crippen molar-refractivity contribution in [2.45, 2.75) is 32.5 Å². The molecule has 1 atom stereocenters. The molecule has 1 heterocycles. The van der Waals surface area contributed by atoms with Gasteiger partial charge in [0.05, 0.1) is 13.2 Å². The number of hydrogen-bond acceptors (Lipinski definition) is 4. The van der Waals surface area contributed by atoms with Gasteiger partial charge in [0, 0.05) is 6.54 Å². The number of hydrogen-bond donors (Lipinski definition) is 0. The Morgan fingerprint density at radius 3 is 2.73 bits per heavy atom. The summed E-state index contributed by atoms with van der Waals surface area (Å²) in [6, 6.07) is 0. The van der Waals surface area contributed by atoms with Crippen molar-refractivity contribution in [1.82, 2.24) is 4.90 Å². The first kappa shape index (κ1) is 12.0. The van der Waals surface area contributed by atoms with E-state index in [-0.39, 0.29) is 6.54 Å². The van der Waals surface area contributed by atoms with Crippen molar-refractivity contribution in [3.05, 3.63) is 0 Å². The van der Waals surface area contributed by atoms with Gasteiger partial charge in [-0.15, -0.1) is 0 Å². The molecule has 0 aromatic rings. The molecule has 0 aliphatic carbocycles. The second-order valence-corrected chi connectivity index (χ2v) is 4.40. The van der Waals surface area contributed by atoms with Gasteiger partial charge in [-0.05, 0) is 20.8 Å². The highest BCUT2D eigenvalue weighted by atomic mass is 16.6. The summed E-state index contributed by atoms with van der Waals surface area (Å²) in [5.74, 6) is 0. The topological polar surface area (TPSA) is 55.8 Å². The predicted molar refractivity (Wildman–Crippen MR) is 53.2 cm³/mol. The van der Waals surface area contributed by atoms with Gasteiger partial charge in [0.1, 0.15) is 11.7 Å². The lowest BCUT2D eigenvalue weighted by Crippen LogP contribution is -2.47. The molecule has 0 aromatic carbocycles. The fourth-order valence-electron chi connectivity index (χ4n) is 1.21. The number of nitrogens with zero attached hydrogens (tertiary/aromatic N) is 1. The Labute approximate surface area is 89.3 Å². The van der Waals surface area contributed by atoms with Crippen molar-refractivity contribution in [3.63, 3.8) is 0 Å². The average molecular weight is 214 g/mol. The quantitative estimate of drug-likeness (QED) is 0.645. The molecule has 1 amide bonds. The molecule has 1 unspecified atom stereocenters. The monoisotopic (exact) mass is 214 g/mol. The maximum Gasteiger partial charge on any atom is 0.410 e. The molecule has 5 heteroatoms. The van der Waals surface area contributed by atoms with Gasteiger partial charge in [-0.25, -0.2) is 4.79 Å². The normalized spacial score (nSPS) is 22.3. The second kappa shape index (κ2) is 4.61. The van der Waals surface area contributed by atoms with E-state index >= 15 is 0 Å². The van der Waals surface area contributed by atoms with Gasteiger partial charge in [-0.3, -0.25) is 4.79 Å². The molecule has 0 saturated carbocycles. The van der Waals surface area contributed by atoms with Crippen molar-refractivity contribution in [2.24, 2.45) is 0 Å². The molecule has 85 valence electrons.